The van der Waals surface area contributed by atoms with E-state index < -0.39 is 11.7 Å². The number of rotatable bonds is 3. The first-order valence-corrected chi connectivity index (χ1v) is 9.27. The second-order valence-electron chi connectivity index (χ2n) is 6.37. The Hall–Kier alpha value is -3.06. The molecule has 4 rings (SSSR count). The molecule has 28 heavy (non-hydrogen) atoms. The summed E-state index contributed by atoms with van der Waals surface area (Å²) in [4.78, 5) is 14.6. The fourth-order valence-corrected chi connectivity index (χ4v) is 4.01. The lowest BCUT2D eigenvalue weighted by Gasteiger charge is -2.13. The third kappa shape index (κ3) is 3.41. The molecule has 0 spiro atoms. The first-order valence-electron chi connectivity index (χ1n) is 8.46. The fraction of sp³-hybridized carbons (Fsp3) is 0.0952. The van der Waals surface area contributed by atoms with Crippen LogP contribution in [0.2, 0.25) is 0 Å². The Morgan fingerprint density at radius 3 is 2.54 bits per heavy atom. The number of hydrogen-bond acceptors (Lipinski definition) is 2. The van der Waals surface area contributed by atoms with Crippen LogP contribution in [-0.2, 0) is 12.7 Å². The van der Waals surface area contributed by atoms with E-state index in [2.05, 4.69) is 11.6 Å². The maximum Gasteiger partial charge on any atom is 0.416 e. The van der Waals surface area contributed by atoms with Gasteiger partial charge in [0.05, 0.1) is 14.8 Å². The Morgan fingerprint density at radius 2 is 1.82 bits per heavy atom. The van der Waals surface area contributed by atoms with E-state index in [0.717, 1.165) is 22.5 Å². The van der Waals surface area contributed by atoms with Crippen LogP contribution < -0.4 is 14.8 Å². The minimum atomic E-state index is -4.41. The van der Waals surface area contributed by atoms with Crippen molar-refractivity contribution in [2.45, 2.75) is 12.7 Å². The molecule has 0 atom stereocenters. The average Bonchev–Trinajstić information content (AvgIpc) is 3.15. The van der Waals surface area contributed by atoms with Gasteiger partial charge in [-0.05, 0) is 23.8 Å². The van der Waals surface area contributed by atoms with Crippen LogP contribution in [0.25, 0.3) is 23.6 Å². The Morgan fingerprint density at radius 1 is 1.11 bits per heavy atom. The molecule has 0 bridgehead atoms. The SMILES string of the molecule is C=c1[nH]c(=O)/c(=C/c2cn(Cc3ccccc3C(F)(F)F)c3ccccc23)s1. The van der Waals surface area contributed by atoms with E-state index in [4.69, 9.17) is 0 Å². The van der Waals surface area contributed by atoms with Crippen LogP contribution in [0.3, 0.4) is 0 Å². The molecule has 2 aromatic heterocycles. The molecule has 3 nitrogen and oxygen atoms in total. The summed E-state index contributed by atoms with van der Waals surface area (Å²) in [6, 6.07) is 13.0. The number of para-hydroxylation sites is 1. The molecule has 2 heterocycles. The standard InChI is InChI=1S/C21H15F3N2OS/c1-13-25-20(27)19(28-13)10-15-12-26(18-9-5-3-7-16(15)18)11-14-6-2-4-8-17(14)21(22,23)24/h2-10,12H,1,11H2,(H,25,27)/b19-10-. The van der Waals surface area contributed by atoms with Crippen LogP contribution in [0.15, 0.2) is 59.5 Å². The summed E-state index contributed by atoms with van der Waals surface area (Å²) in [6.45, 7) is 3.81. The highest BCUT2D eigenvalue weighted by Crippen LogP contribution is 2.33. The van der Waals surface area contributed by atoms with Crippen LogP contribution in [0.5, 0.6) is 0 Å². The molecule has 4 aromatic rings. The van der Waals surface area contributed by atoms with Gasteiger partial charge >= 0.3 is 6.18 Å². The van der Waals surface area contributed by atoms with Crippen molar-refractivity contribution in [2.75, 3.05) is 0 Å². The van der Waals surface area contributed by atoms with Crippen molar-refractivity contribution in [2.24, 2.45) is 0 Å². The van der Waals surface area contributed by atoms with Gasteiger partial charge in [-0.1, -0.05) is 43.0 Å². The van der Waals surface area contributed by atoms with E-state index >= 15 is 0 Å². The molecule has 1 N–H and O–H groups in total. The van der Waals surface area contributed by atoms with E-state index in [1.165, 1.54) is 23.5 Å². The van der Waals surface area contributed by atoms with Crippen molar-refractivity contribution in [3.8, 4) is 0 Å². The van der Waals surface area contributed by atoms with E-state index in [0.29, 0.717) is 9.20 Å². The zero-order valence-corrected chi connectivity index (χ0v) is 15.4. The number of hydrogen-bond donors (Lipinski definition) is 1. The number of nitrogens with zero attached hydrogens (tertiary/aromatic N) is 1. The van der Waals surface area contributed by atoms with Crippen molar-refractivity contribution >= 4 is 34.9 Å². The maximum absolute atomic E-state index is 13.3. The fourth-order valence-electron chi connectivity index (χ4n) is 3.27. The maximum atomic E-state index is 13.3. The van der Waals surface area contributed by atoms with Gasteiger partial charge in [0.15, 0.2) is 0 Å². The van der Waals surface area contributed by atoms with Gasteiger partial charge in [0.2, 0.25) is 0 Å². The number of nitrogens with one attached hydrogen (secondary N) is 1. The lowest BCUT2D eigenvalue weighted by atomic mass is 10.1. The zero-order chi connectivity index (χ0) is 19.9. The van der Waals surface area contributed by atoms with Gasteiger partial charge in [-0.25, -0.2) is 0 Å². The van der Waals surface area contributed by atoms with Crippen LogP contribution >= 0.6 is 11.3 Å². The average molecular weight is 400 g/mol. The van der Waals surface area contributed by atoms with Gasteiger partial charge in [0, 0.05) is 29.2 Å². The summed E-state index contributed by atoms with van der Waals surface area (Å²) in [6.07, 6.45) is -0.893. The summed E-state index contributed by atoms with van der Waals surface area (Å²) in [5.41, 5.74) is 0.890. The van der Waals surface area contributed by atoms with E-state index in [1.807, 2.05) is 24.3 Å². The third-order valence-corrected chi connectivity index (χ3v) is 5.35. The highest BCUT2D eigenvalue weighted by Gasteiger charge is 2.32. The minimum absolute atomic E-state index is 0.0748. The van der Waals surface area contributed by atoms with E-state index in [-0.39, 0.29) is 17.7 Å². The van der Waals surface area contributed by atoms with Gasteiger partial charge in [0.25, 0.3) is 5.56 Å². The van der Waals surface area contributed by atoms with Crippen LogP contribution in [0.4, 0.5) is 13.2 Å². The van der Waals surface area contributed by atoms with Crippen molar-refractivity contribution in [3.05, 3.63) is 91.0 Å². The number of aromatic amines is 1. The molecule has 0 amide bonds. The predicted molar refractivity (Wildman–Crippen MR) is 106 cm³/mol. The summed E-state index contributed by atoms with van der Waals surface area (Å²) in [5, 5.41) is 0.866. The van der Waals surface area contributed by atoms with Gasteiger partial charge in [0.1, 0.15) is 0 Å². The van der Waals surface area contributed by atoms with Crippen LogP contribution in [-0.4, -0.2) is 9.55 Å². The van der Waals surface area contributed by atoms with Crippen LogP contribution in [0, 0.1) is 0 Å². The molecule has 0 aliphatic carbocycles. The molecule has 0 fully saturated rings. The molecule has 0 saturated heterocycles. The summed E-state index contributed by atoms with van der Waals surface area (Å²) >= 11 is 1.24. The molecule has 0 aliphatic heterocycles. The highest BCUT2D eigenvalue weighted by atomic mass is 32.1. The lowest BCUT2D eigenvalue weighted by molar-refractivity contribution is -0.138. The van der Waals surface area contributed by atoms with Gasteiger partial charge in [-0.15, -0.1) is 11.3 Å². The molecule has 2 aromatic carbocycles. The number of fused-ring (bicyclic) bond motifs is 1. The van der Waals surface area contributed by atoms with Crippen LogP contribution in [0.1, 0.15) is 16.7 Å². The molecule has 7 heteroatoms. The molecule has 0 aliphatic rings. The normalized spacial score (nSPS) is 12.8. The first-order chi connectivity index (χ1) is 13.3. The molecular formula is C21H15F3N2OS. The smallest absolute Gasteiger partial charge is 0.342 e. The molecule has 142 valence electrons. The van der Waals surface area contributed by atoms with Crippen molar-refractivity contribution in [1.29, 1.82) is 0 Å². The summed E-state index contributed by atoms with van der Waals surface area (Å²) in [7, 11) is 0. The van der Waals surface area contributed by atoms with Crippen molar-refractivity contribution < 1.29 is 13.2 Å². The molecule has 0 radical (unpaired) electrons. The number of halogens is 3. The second kappa shape index (κ2) is 6.83. The Bertz CT molecular complexity index is 1330. The predicted octanol–water partition coefficient (Wildman–Crippen LogP) is 3.70. The second-order valence-corrected chi connectivity index (χ2v) is 7.51. The Kier molecular flexibility index (Phi) is 4.47. The first kappa shape index (κ1) is 18.3. The molecule has 0 saturated carbocycles. The number of aromatic nitrogens is 2. The number of benzene rings is 2. The van der Waals surface area contributed by atoms with Gasteiger partial charge in [-0.3, -0.25) is 4.79 Å². The van der Waals surface area contributed by atoms with Gasteiger partial charge < -0.3 is 9.55 Å². The summed E-state index contributed by atoms with van der Waals surface area (Å²) in [5.74, 6) is 0. The zero-order valence-electron chi connectivity index (χ0n) is 14.6. The molecular weight excluding hydrogens is 385 g/mol. The topological polar surface area (TPSA) is 37.8 Å². The quantitative estimate of drug-likeness (QED) is 0.560. The number of thiazole rings is 1. The third-order valence-electron chi connectivity index (χ3n) is 4.48. The largest absolute Gasteiger partial charge is 0.416 e. The number of H-pyrrole nitrogens is 1. The van der Waals surface area contributed by atoms with Gasteiger partial charge in [-0.2, -0.15) is 13.2 Å². The minimum Gasteiger partial charge on any atom is -0.342 e. The highest BCUT2D eigenvalue weighted by molar-refractivity contribution is 7.07. The monoisotopic (exact) mass is 400 g/mol. The summed E-state index contributed by atoms with van der Waals surface area (Å²) < 4.78 is 42.9. The Balaban J connectivity index is 1.87. The van der Waals surface area contributed by atoms with Crippen molar-refractivity contribution in [3.63, 3.8) is 0 Å². The van der Waals surface area contributed by atoms with Crippen molar-refractivity contribution in [1.82, 2.24) is 9.55 Å². The molecule has 0 unspecified atom stereocenters. The lowest BCUT2D eigenvalue weighted by Crippen LogP contribution is -2.19. The van der Waals surface area contributed by atoms with E-state index in [1.54, 1.807) is 22.9 Å². The van der Waals surface area contributed by atoms with E-state index in [9.17, 15) is 18.0 Å². The Labute approximate surface area is 161 Å². The number of alkyl halides is 3.